The molecule has 88 valence electrons. The van der Waals surface area contributed by atoms with Crippen molar-refractivity contribution in [1.29, 1.82) is 0 Å². The molecule has 7 nitrogen and oxygen atoms in total. The third-order valence-corrected chi connectivity index (χ3v) is 1.95. The minimum absolute atomic E-state index is 0.128. The molecule has 0 saturated carbocycles. The van der Waals surface area contributed by atoms with E-state index < -0.39 is 10.5 Å². The van der Waals surface area contributed by atoms with Gasteiger partial charge in [0.1, 0.15) is 5.60 Å². The van der Waals surface area contributed by atoms with Gasteiger partial charge in [0.2, 0.25) is 0 Å². The number of aromatic nitrogens is 1. The van der Waals surface area contributed by atoms with E-state index in [0.717, 1.165) is 0 Å². The Kier molecular flexibility index (Phi) is 3.75. The van der Waals surface area contributed by atoms with Gasteiger partial charge in [-0.3, -0.25) is 0 Å². The van der Waals surface area contributed by atoms with E-state index in [-0.39, 0.29) is 19.0 Å². The molecule has 1 aromatic heterocycles. The Morgan fingerprint density at radius 1 is 1.62 bits per heavy atom. The molecule has 1 unspecified atom stereocenters. The molecule has 1 aromatic rings. The number of pyridine rings is 1. The molecule has 1 atom stereocenters. The minimum Gasteiger partial charge on any atom is -0.393 e. The number of aliphatic hydroxyl groups excluding tert-OH is 1. The smallest absolute Gasteiger partial charge is 0.363 e. The van der Waals surface area contributed by atoms with Gasteiger partial charge in [-0.05, 0) is 22.9 Å². The molecule has 0 fully saturated rings. The second-order valence-electron chi connectivity index (χ2n) is 3.67. The van der Waals surface area contributed by atoms with E-state index in [9.17, 15) is 15.2 Å². The lowest BCUT2D eigenvalue weighted by Gasteiger charge is -2.20. The lowest BCUT2D eigenvalue weighted by atomic mass is 10.1. The monoisotopic (exact) mass is 227 g/mol. The minimum atomic E-state index is -1.23. The van der Waals surface area contributed by atoms with E-state index in [1.165, 1.54) is 25.3 Å². The van der Waals surface area contributed by atoms with Gasteiger partial charge in [-0.1, -0.05) is 0 Å². The van der Waals surface area contributed by atoms with Crippen LogP contribution in [0.4, 0.5) is 11.5 Å². The highest BCUT2D eigenvalue weighted by atomic mass is 16.6. The first kappa shape index (κ1) is 12.3. The van der Waals surface area contributed by atoms with Crippen LogP contribution in [0, 0.1) is 10.1 Å². The predicted octanol–water partition coefficient (Wildman–Crippen LogP) is 0.145. The van der Waals surface area contributed by atoms with Crippen LogP contribution in [0.1, 0.15) is 6.92 Å². The number of hydrogen-bond donors (Lipinski definition) is 3. The second kappa shape index (κ2) is 4.86. The van der Waals surface area contributed by atoms with Crippen LogP contribution < -0.4 is 5.32 Å². The van der Waals surface area contributed by atoms with E-state index in [0.29, 0.717) is 5.69 Å². The molecule has 1 heterocycles. The zero-order chi connectivity index (χ0) is 12.2. The number of nitro groups is 1. The first-order valence-corrected chi connectivity index (χ1v) is 4.62. The van der Waals surface area contributed by atoms with Gasteiger partial charge in [0.05, 0.1) is 12.3 Å². The van der Waals surface area contributed by atoms with Crippen molar-refractivity contribution in [2.24, 2.45) is 0 Å². The van der Waals surface area contributed by atoms with Crippen LogP contribution in [0.25, 0.3) is 0 Å². The van der Waals surface area contributed by atoms with Gasteiger partial charge in [0, 0.05) is 12.6 Å². The topological polar surface area (TPSA) is 109 Å². The average Bonchev–Trinajstić information content (AvgIpc) is 2.27. The Labute approximate surface area is 91.9 Å². The molecule has 0 spiro atoms. The summed E-state index contributed by atoms with van der Waals surface area (Å²) in [5.74, 6) is -0.237. The summed E-state index contributed by atoms with van der Waals surface area (Å²) in [7, 11) is 0. The van der Waals surface area contributed by atoms with Crippen LogP contribution in [0.5, 0.6) is 0 Å². The molecule has 0 aliphatic carbocycles. The summed E-state index contributed by atoms with van der Waals surface area (Å²) in [6, 6.07) is 2.74. The maximum atomic E-state index is 10.3. The molecule has 0 bridgehead atoms. The molecular formula is C9H13N3O4. The predicted molar refractivity (Wildman–Crippen MR) is 57.1 cm³/mol. The molecule has 0 aliphatic rings. The molecular weight excluding hydrogens is 214 g/mol. The van der Waals surface area contributed by atoms with Gasteiger partial charge in [0.25, 0.3) is 0 Å². The number of nitrogens with one attached hydrogen (secondary N) is 1. The van der Waals surface area contributed by atoms with Gasteiger partial charge >= 0.3 is 5.82 Å². The summed E-state index contributed by atoms with van der Waals surface area (Å²) in [5, 5.41) is 31.4. The molecule has 1 rings (SSSR count). The first-order chi connectivity index (χ1) is 7.44. The Morgan fingerprint density at radius 3 is 2.75 bits per heavy atom. The molecule has 0 aromatic carbocycles. The lowest BCUT2D eigenvalue weighted by molar-refractivity contribution is -0.389. The number of anilines is 1. The summed E-state index contributed by atoms with van der Waals surface area (Å²) in [6.07, 6.45) is 1.30. The Hall–Kier alpha value is -1.73. The van der Waals surface area contributed by atoms with Crippen molar-refractivity contribution >= 4 is 11.5 Å². The fraction of sp³-hybridized carbons (Fsp3) is 0.444. The first-order valence-electron chi connectivity index (χ1n) is 4.62. The van der Waals surface area contributed by atoms with Gasteiger partial charge < -0.3 is 25.6 Å². The summed E-state index contributed by atoms with van der Waals surface area (Å²) >= 11 is 0. The Bertz CT molecular complexity index is 364. The average molecular weight is 227 g/mol. The summed E-state index contributed by atoms with van der Waals surface area (Å²) in [4.78, 5) is 13.3. The highest BCUT2D eigenvalue weighted by molar-refractivity contribution is 5.43. The molecule has 7 heteroatoms. The van der Waals surface area contributed by atoms with E-state index in [4.69, 9.17) is 5.11 Å². The number of nitrogens with zero attached hydrogens (tertiary/aromatic N) is 2. The summed E-state index contributed by atoms with van der Waals surface area (Å²) in [6.45, 7) is 1.22. The van der Waals surface area contributed by atoms with Crippen LogP contribution in [-0.4, -0.2) is 38.9 Å². The lowest BCUT2D eigenvalue weighted by Crippen LogP contribution is -2.37. The van der Waals surface area contributed by atoms with Crippen molar-refractivity contribution in [2.75, 3.05) is 18.5 Å². The Balaban J connectivity index is 2.59. The summed E-state index contributed by atoms with van der Waals surface area (Å²) in [5.41, 5.74) is -0.693. The molecule has 3 N–H and O–H groups in total. The highest BCUT2D eigenvalue weighted by Gasteiger charge is 2.18. The second-order valence-corrected chi connectivity index (χ2v) is 3.67. The zero-order valence-corrected chi connectivity index (χ0v) is 8.75. The molecule has 0 saturated heterocycles. The largest absolute Gasteiger partial charge is 0.393 e. The SMILES string of the molecule is CC(O)(CO)CNc1ccc([N+](=O)[O-])nc1. The third kappa shape index (κ3) is 3.44. The van der Waals surface area contributed by atoms with Crippen molar-refractivity contribution < 1.29 is 15.1 Å². The number of aliphatic hydroxyl groups is 2. The van der Waals surface area contributed by atoms with E-state index >= 15 is 0 Å². The van der Waals surface area contributed by atoms with Crippen LogP contribution in [0.2, 0.25) is 0 Å². The standard InChI is InChI=1S/C9H13N3O4/c1-9(14,6-13)5-11-7-2-3-8(10-4-7)12(15)16/h2-4,11,13-14H,5-6H2,1H3. The van der Waals surface area contributed by atoms with Crippen molar-refractivity contribution in [3.8, 4) is 0 Å². The van der Waals surface area contributed by atoms with Crippen molar-refractivity contribution in [2.45, 2.75) is 12.5 Å². The van der Waals surface area contributed by atoms with Crippen LogP contribution in [0.15, 0.2) is 18.3 Å². The van der Waals surface area contributed by atoms with E-state index in [2.05, 4.69) is 10.3 Å². The van der Waals surface area contributed by atoms with Crippen LogP contribution in [0.3, 0.4) is 0 Å². The number of hydrogen-bond acceptors (Lipinski definition) is 6. The highest BCUT2D eigenvalue weighted by Crippen LogP contribution is 2.12. The number of rotatable bonds is 5. The van der Waals surface area contributed by atoms with E-state index in [1.807, 2.05) is 0 Å². The molecule has 16 heavy (non-hydrogen) atoms. The maximum absolute atomic E-state index is 10.3. The molecule has 0 aliphatic heterocycles. The summed E-state index contributed by atoms with van der Waals surface area (Å²) < 4.78 is 0. The molecule has 0 radical (unpaired) electrons. The van der Waals surface area contributed by atoms with Gasteiger partial charge in [-0.2, -0.15) is 0 Å². The van der Waals surface area contributed by atoms with Crippen molar-refractivity contribution in [3.05, 3.63) is 28.4 Å². The van der Waals surface area contributed by atoms with Gasteiger partial charge in [-0.25, -0.2) is 0 Å². The van der Waals surface area contributed by atoms with Crippen molar-refractivity contribution in [1.82, 2.24) is 4.98 Å². The normalized spacial score (nSPS) is 14.2. The third-order valence-electron chi connectivity index (χ3n) is 1.95. The molecule has 0 amide bonds. The van der Waals surface area contributed by atoms with Crippen molar-refractivity contribution in [3.63, 3.8) is 0 Å². The zero-order valence-electron chi connectivity index (χ0n) is 8.75. The fourth-order valence-corrected chi connectivity index (χ4v) is 0.947. The Morgan fingerprint density at radius 2 is 2.31 bits per heavy atom. The van der Waals surface area contributed by atoms with Crippen LogP contribution >= 0.6 is 0 Å². The van der Waals surface area contributed by atoms with Gasteiger partial charge in [0.15, 0.2) is 6.20 Å². The van der Waals surface area contributed by atoms with Gasteiger partial charge in [-0.15, -0.1) is 0 Å². The van der Waals surface area contributed by atoms with E-state index in [1.54, 1.807) is 0 Å². The van der Waals surface area contributed by atoms with Crippen LogP contribution in [-0.2, 0) is 0 Å². The quantitative estimate of drug-likeness (QED) is 0.488. The maximum Gasteiger partial charge on any atom is 0.363 e. The fourth-order valence-electron chi connectivity index (χ4n) is 0.947.